The molecule has 0 N–H and O–H groups in total. The van der Waals surface area contributed by atoms with Crippen LogP contribution >= 0.6 is 15.9 Å². The fraction of sp³-hybridized carbons (Fsp3) is 0.429. The van der Waals surface area contributed by atoms with E-state index in [1.54, 1.807) is 0 Å². The summed E-state index contributed by atoms with van der Waals surface area (Å²) in [5, 5.41) is 0. The predicted octanol–water partition coefficient (Wildman–Crippen LogP) is 4.04. The molecule has 0 unspecified atom stereocenters. The summed E-state index contributed by atoms with van der Waals surface area (Å²) in [5.41, 5.74) is 1.19. The van der Waals surface area contributed by atoms with E-state index in [0.29, 0.717) is 0 Å². The quantitative estimate of drug-likeness (QED) is 0.835. The summed E-state index contributed by atoms with van der Waals surface area (Å²) in [4.78, 5) is 0. The van der Waals surface area contributed by atoms with Crippen LogP contribution in [0.1, 0.15) is 24.8 Å². The molecule has 0 saturated carbocycles. The van der Waals surface area contributed by atoms with E-state index in [0.717, 1.165) is 36.1 Å². The fourth-order valence-electron chi connectivity index (χ4n) is 1.91. The third kappa shape index (κ3) is 4.17. The Labute approximate surface area is 111 Å². The van der Waals surface area contributed by atoms with Crippen LogP contribution in [0.2, 0.25) is 0 Å². The molecule has 1 aromatic rings. The first-order valence-corrected chi connectivity index (χ1v) is 6.74. The maximum absolute atomic E-state index is 5.81. The van der Waals surface area contributed by atoms with Gasteiger partial charge in [-0.3, -0.25) is 0 Å². The highest BCUT2D eigenvalue weighted by molar-refractivity contribution is 9.11. The van der Waals surface area contributed by atoms with Crippen LogP contribution in [0.15, 0.2) is 35.3 Å². The zero-order valence-corrected chi connectivity index (χ0v) is 11.4. The maximum Gasteiger partial charge on any atom is 0.199 e. The molecule has 1 fully saturated rings. The van der Waals surface area contributed by atoms with Crippen molar-refractivity contribution in [3.05, 3.63) is 40.9 Å². The molecule has 0 radical (unpaired) electrons. The Hall–Kier alpha value is -0.800. The number of rotatable bonds is 4. The van der Waals surface area contributed by atoms with Gasteiger partial charge in [-0.1, -0.05) is 34.6 Å². The molecule has 0 spiro atoms. The van der Waals surface area contributed by atoms with Gasteiger partial charge in [-0.15, -0.1) is 0 Å². The Morgan fingerprint density at radius 2 is 2.35 bits per heavy atom. The summed E-state index contributed by atoms with van der Waals surface area (Å²) < 4.78 is 12.3. The lowest BCUT2D eigenvalue weighted by Gasteiger charge is -2.23. The van der Waals surface area contributed by atoms with Crippen LogP contribution < -0.4 is 4.74 Å². The van der Waals surface area contributed by atoms with Crippen LogP contribution in [0.4, 0.5) is 0 Å². The van der Waals surface area contributed by atoms with Gasteiger partial charge in [0.05, 0.1) is 6.61 Å². The predicted molar refractivity (Wildman–Crippen MR) is 72.4 cm³/mol. The molecular weight excluding hydrogens is 280 g/mol. The molecule has 1 aliphatic rings. The zero-order chi connectivity index (χ0) is 12.1. The zero-order valence-electron chi connectivity index (χ0n) is 9.82. The minimum Gasteiger partial charge on any atom is -0.465 e. The minimum atomic E-state index is -0.0776. The van der Waals surface area contributed by atoms with Gasteiger partial charge in [0.2, 0.25) is 0 Å². The van der Waals surface area contributed by atoms with Crippen LogP contribution in [0.25, 0.3) is 0 Å². The van der Waals surface area contributed by atoms with Crippen molar-refractivity contribution in [3.8, 4) is 5.75 Å². The largest absolute Gasteiger partial charge is 0.465 e. The first kappa shape index (κ1) is 12.7. The van der Waals surface area contributed by atoms with E-state index in [4.69, 9.17) is 9.47 Å². The molecule has 1 heterocycles. The molecule has 1 aliphatic heterocycles. The average Bonchev–Trinajstić information content (AvgIpc) is 2.30. The SMILES string of the molecule is C=C(Br)Cc1cccc(O[C@H]2CCCCO2)c1. The topological polar surface area (TPSA) is 18.5 Å². The van der Waals surface area contributed by atoms with Crippen LogP contribution in [0.5, 0.6) is 5.75 Å². The van der Waals surface area contributed by atoms with Gasteiger partial charge >= 0.3 is 0 Å². The monoisotopic (exact) mass is 296 g/mol. The molecule has 0 amide bonds. The van der Waals surface area contributed by atoms with Crippen LogP contribution in [0.3, 0.4) is 0 Å². The second-order valence-corrected chi connectivity index (χ2v) is 5.38. The molecule has 3 heteroatoms. The maximum atomic E-state index is 5.81. The van der Waals surface area contributed by atoms with E-state index in [-0.39, 0.29) is 6.29 Å². The molecule has 1 atom stereocenters. The number of benzene rings is 1. The number of hydrogen-bond donors (Lipinski definition) is 0. The molecule has 1 aromatic carbocycles. The van der Waals surface area contributed by atoms with E-state index in [9.17, 15) is 0 Å². The van der Waals surface area contributed by atoms with Crippen molar-refractivity contribution >= 4 is 15.9 Å². The van der Waals surface area contributed by atoms with Crippen molar-refractivity contribution in [1.82, 2.24) is 0 Å². The van der Waals surface area contributed by atoms with Gasteiger partial charge < -0.3 is 9.47 Å². The Balaban J connectivity index is 1.97. The van der Waals surface area contributed by atoms with Gasteiger partial charge in [0.1, 0.15) is 5.75 Å². The van der Waals surface area contributed by atoms with Crippen LogP contribution in [-0.2, 0) is 11.2 Å². The summed E-state index contributed by atoms with van der Waals surface area (Å²) in [5.74, 6) is 0.878. The van der Waals surface area contributed by atoms with Crippen molar-refractivity contribution in [2.75, 3.05) is 6.61 Å². The molecule has 0 aromatic heterocycles. The Morgan fingerprint density at radius 3 is 3.06 bits per heavy atom. The molecule has 17 heavy (non-hydrogen) atoms. The molecule has 2 nitrogen and oxygen atoms in total. The summed E-state index contributed by atoms with van der Waals surface area (Å²) >= 11 is 3.37. The lowest BCUT2D eigenvalue weighted by molar-refractivity contribution is -0.105. The summed E-state index contributed by atoms with van der Waals surface area (Å²) in [6.45, 7) is 4.66. The molecule has 0 bridgehead atoms. The van der Waals surface area contributed by atoms with Crippen molar-refractivity contribution in [1.29, 1.82) is 0 Å². The Morgan fingerprint density at radius 1 is 1.47 bits per heavy atom. The standard InChI is InChI=1S/C14H17BrO2/c1-11(15)9-12-5-4-6-13(10-12)17-14-7-2-3-8-16-14/h4-6,10,14H,1-3,7-9H2/t14-/m0/s1. The Kier molecular flexibility index (Phi) is 4.63. The number of hydrogen-bond acceptors (Lipinski definition) is 2. The summed E-state index contributed by atoms with van der Waals surface area (Å²) in [6.07, 6.45) is 4.05. The lowest BCUT2D eigenvalue weighted by Crippen LogP contribution is -2.24. The molecule has 0 aliphatic carbocycles. The van der Waals surface area contributed by atoms with E-state index in [1.165, 1.54) is 12.0 Å². The normalized spacial score (nSPS) is 19.9. The molecule has 2 rings (SSSR count). The van der Waals surface area contributed by atoms with Gasteiger partial charge in [0, 0.05) is 12.8 Å². The second-order valence-electron chi connectivity index (χ2n) is 4.26. The third-order valence-electron chi connectivity index (χ3n) is 2.70. The van der Waals surface area contributed by atoms with Gasteiger partial charge in [-0.05, 0) is 35.0 Å². The van der Waals surface area contributed by atoms with Crippen LogP contribution in [-0.4, -0.2) is 12.9 Å². The number of allylic oxidation sites excluding steroid dienone is 1. The van der Waals surface area contributed by atoms with Gasteiger partial charge in [-0.25, -0.2) is 0 Å². The van der Waals surface area contributed by atoms with E-state index in [2.05, 4.69) is 28.6 Å². The van der Waals surface area contributed by atoms with Crippen molar-refractivity contribution in [2.24, 2.45) is 0 Å². The van der Waals surface area contributed by atoms with Crippen molar-refractivity contribution in [3.63, 3.8) is 0 Å². The molecular formula is C14H17BrO2. The summed E-state index contributed by atoms with van der Waals surface area (Å²) in [6, 6.07) is 8.09. The third-order valence-corrected chi connectivity index (χ3v) is 2.98. The first-order chi connectivity index (χ1) is 8.24. The van der Waals surface area contributed by atoms with Crippen molar-refractivity contribution < 1.29 is 9.47 Å². The minimum absolute atomic E-state index is 0.0776. The van der Waals surface area contributed by atoms with Gasteiger partial charge in [-0.2, -0.15) is 0 Å². The van der Waals surface area contributed by atoms with Crippen molar-refractivity contribution in [2.45, 2.75) is 32.0 Å². The number of ether oxygens (including phenoxy) is 2. The number of halogens is 1. The lowest BCUT2D eigenvalue weighted by atomic mass is 10.1. The van der Waals surface area contributed by atoms with Gasteiger partial charge in [0.15, 0.2) is 6.29 Å². The second kappa shape index (κ2) is 6.22. The molecule has 92 valence electrons. The average molecular weight is 297 g/mol. The Bertz CT molecular complexity index is 384. The highest BCUT2D eigenvalue weighted by Gasteiger charge is 2.15. The first-order valence-electron chi connectivity index (χ1n) is 5.94. The van der Waals surface area contributed by atoms with E-state index >= 15 is 0 Å². The van der Waals surface area contributed by atoms with Crippen LogP contribution in [0, 0.1) is 0 Å². The van der Waals surface area contributed by atoms with E-state index in [1.807, 2.05) is 18.2 Å². The highest BCUT2D eigenvalue weighted by Crippen LogP contribution is 2.21. The van der Waals surface area contributed by atoms with Gasteiger partial charge in [0.25, 0.3) is 0 Å². The highest BCUT2D eigenvalue weighted by atomic mass is 79.9. The van der Waals surface area contributed by atoms with E-state index < -0.39 is 0 Å². The summed E-state index contributed by atoms with van der Waals surface area (Å²) in [7, 11) is 0. The fourth-order valence-corrected chi connectivity index (χ4v) is 2.23. The smallest absolute Gasteiger partial charge is 0.199 e. The molecule has 1 saturated heterocycles.